The number of Topliss-reactive ketones (excluding diaryl/α,β-unsaturated/α-hetero) is 1. The van der Waals surface area contributed by atoms with Gasteiger partial charge in [0.2, 0.25) is 0 Å². The molecule has 0 amide bonds. The Kier molecular flexibility index (Phi) is 7.27. The van der Waals surface area contributed by atoms with E-state index < -0.39 is 13.3 Å². The first-order valence-corrected chi connectivity index (χ1v) is 9.12. The molecule has 112 valence electrons. The van der Waals surface area contributed by atoms with E-state index in [2.05, 4.69) is 6.92 Å². The molecule has 1 aliphatic carbocycles. The van der Waals surface area contributed by atoms with Crippen molar-refractivity contribution in [2.24, 2.45) is 5.92 Å². The Hall–Kier alpha value is -0.180. The first-order chi connectivity index (χ1) is 9.09. The lowest BCUT2D eigenvalue weighted by molar-refractivity contribution is -0.120. The summed E-state index contributed by atoms with van der Waals surface area (Å²) in [7, 11) is -3.29. The van der Waals surface area contributed by atoms with Crippen LogP contribution in [-0.2, 0) is 18.4 Å². The van der Waals surface area contributed by atoms with Crippen LogP contribution in [0.5, 0.6) is 0 Å². The first-order valence-electron chi connectivity index (χ1n) is 7.51. The highest BCUT2D eigenvalue weighted by Gasteiger charge is 2.45. The van der Waals surface area contributed by atoms with Crippen LogP contribution in [0.2, 0.25) is 0 Å². The van der Waals surface area contributed by atoms with Crippen LogP contribution >= 0.6 is 7.60 Å². The standard InChI is InChI=1S/C14H27O4P/c1-4-7-8-9-13(14(15)12-10-11-12)19(16,17-5-2)18-6-3/h12-13H,4-11H2,1-3H3. The van der Waals surface area contributed by atoms with Crippen molar-refractivity contribution in [2.45, 2.75) is 65.0 Å². The average Bonchev–Trinajstić information content (AvgIpc) is 3.18. The molecule has 0 radical (unpaired) electrons. The Bertz CT molecular complexity index is 315. The Morgan fingerprint density at radius 1 is 1.16 bits per heavy atom. The lowest BCUT2D eigenvalue weighted by Crippen LogP contribution is -2.25. The average molecular weight is 290 g/mol. The number of hydrogen-bond donors (Lipinski definition) is 0. The molecule has 1 saturated carbocycles. The number of ketones is 1. The maximum atomic E-state index is 12.8. The second-order valence-electron chi connectivity index (χ2n) is 5.06. The summed E-state index contributed by atoms with van der Waals surface area (Å²) >= 11 is 0. The zero-order valence-electron chi connectivity index (χ0n) is 12.4. The zero-order chi connectivity index (χ0) is 14.3. The summed E-state index contributed by atoms with van der Waals surface area (Å²) in [5.41, 5.74) is -0.550. The van der Waals surface area contributed by atoms with E-state index in [9.17, 15) is 9.36 Å². The van der Waals surface area contributed by atoms with Gasteiger partial charge in [0, 0.05) is 5.92 Å². The van der Waals surface area contributed by atoms with E-state index in [1.54, 1.807) is 13.8 Å². The summed E-state index contributed by atoms with van der Waals surface area (Å²) in [6.07, 6.45) is 5.53. The van der Waals surface area contributed by atoms with Crippen LogP contribution in [-0.4, -0.2) is 24.7 Å². The van der Waals surface area contributed by atoms with Gasteiger partial charge in [-0.15, -0.1) is 0 Å². The quantitative estimate of drug-likeness (QED) is 0.423. The van der Waals surface area contributed by atoms with Crippen molar-refractivity contribution in [2.75, 3.05) is 13.2 Å². The van der Waals surface area contributed by atoms with E-state index in [0.717, 1.165) is 32.1 Å². The van der Waals surface area contributed by atoms with E-state index in [1.807, 2.05) is 0 Å². The van der Waals surface area contributed by atoms with Crippen LogP contribution in [0.25, 0.3) is 0 Å². The molecule has 1 aliphatic rings. The molecule has 0 bridgehead atoms. The second kappa shape index (κ2) is 8.18. The summed E-state index contributed by atoms with van der Waals surface area (Å²) < 4.78 is 23.6. The molecule has 1 rings (SSSR count). The van der Waals surface area contributed by atoms with Crippen molar-refractivity contribution >= 4 is 13.4 Å². The molecule has 1 fully saturated rings. The van der Waals surface area contributed by atoms with Gasteiger partial charge in [-0.3, -0.25) is 9.36 Å². The smallest absolute Gasteiger partial charge is 0.308 e. The molecule has 4 nitrogen and oxygen atoms in total. The fourth-order valence-corrected chi connectivity index (χ4v) is 4.44. The SMILES string of the molecule is CCCCCC(C(=O)C1CC1)P(=O)(OCC)OCC. The summed E-state index contributed by atoms with van der Waals surface area (Å²) in [5.74, 6) is 0.196. The highest BCUT2D eigenvalue weighted by atomic mass is 31.2. The minimum absolute atomic E-state index is 0.0980. The molecule has 0 N–H and O–H groups in total. The van der Waals surface area contributed by atoms with Crippen LogP contribution < -0.4 is 0 Å². The minimum Gasteiger partial charge on any atom is -0.308 e. The van der Waals surface area contributed by atoms with Crippen molar-refractivity contribution in [3.8, 4) is 0 Å². The van der Waals surface area contributed by atoms with Crippen molar-refractivity contribution < 1.29 is 18.4 Å². The molecule has 0 aliphatic heterocycles. The molecular formula is C14H27O4P. The molecule has 1 atom stereocenters. The number of carbonyl (C=O) groups excluding carboxylic acids is 1. The molecular weight excluding hydrogens is 263 g/mol. The van der Waals surface area contributed by atoms with Crippen molar-refractivity contribution in [1.82, 2.24) is 0 Å². The van der Waals surface area contributed by atoms with E-state index in [4.69, 9.17) is 9.05 Å². The molecule has 0 heterocycles. The van der Waals surface area contributed by atoms with Crippen LogP contribution in [0.1, 0.15) is 59.3 Å². The van der Waals surface area contributed by atoms with Crippen molar-refractivity contribution in [3.05, 3.63) is 0 Å². The monoisotopic (exact) mass is 290 g/mol. The van der Waals surface area contributed by atoms with Gasteiger partial charge in [0.1, 0.15) is 5.66 Å². The summed E-state index contributed by atoms with van der Waals surface area (Å²) in [6, 6.07) is 0. The highest BCUT2D eigenvalue weighted by molar-refractivity contribution is 7.55. The third-order valence-corrected chi connectivity index (χ3v) is 5.90. The maximum absolute atomic E-state index is 12.8. The van der Waals surface area contributed by atoms with Gasteiger partial charge in [0.25, 0.3) is 0 Å². The van der Waals surface area contributed by atoms with E-state index in [-0.39, 0.29) is 11.7 Å². The molecule has 1 unspecified atom stereocenters. The summed E-state index contributed by atoms with van der Waals surface area (Å²) in [4.78, 5) is 12.4. The zero-order valence-corrected chi connectivity index (χ0v) is 13.3. The summed E-state index contributed by atoms with van der Waals surface area (Å²) in [5, 5.41) is 0. The van der Waals surface area contributed by atoms with Crippen LogP contribution in [0.4, 0.5) is 0 Å². The molecule has 0 aromatic rings. The predicted molar refractivity (Wildman–Crippen MR) is 76.5 cm³/mol. The Labute approximate surface area is 116 Å². The predicted octanol–water partition coefficient (Wildman–Crippen LogP) is 4.18. The third-order valence-electron chi connectivity index (χ3n) is 3.39. The largest absolute Gasteiger partial charge is 0.341 e. The molecule has 0 aromatic carbocycles. The third kappa shape index (κ3) is 5.02. The van der Waals surface area contributed by atoms with E-state index in [1.165, 1.54) is 0 Å². The first kappa shape index (κ1) is 16.9. The van der Waals surface area contributed by atoms with Gasteiger partial charge in [-0.05, 0) is 33.1 Å². The van der Waals surface area contributed by atoms with Crippen molar-refractivity contribution in [1.29, 1.82) is 0 Å². The molecule has 0 spiro atoms. The molecule has 19 heavy (non-hydrogen) atoms. The van der Waals surface area contributed by atoms with E-state index in [0.29, 0.717) is 19.6 Å². The number of carbonyl (C=O) groups is 1. The Morgan fingerprint density at radius 2 is 1.74 bits per heavy atom. The number of rotatable bonds is 11. The normalized spacial score (nSPS) is 17.4. The second-order valence-corrected chi connectivity index (χ2v) is 7.28. The molecule has 0 saturated heterocycles. The fourth-order valence-electron chi connectivity index (χ4n) is 2.26. The molecule has 0 aromatic heterocycles. The fraction of sp³-hybridized carbons (Fsp3) is 0.929. The lowest BCUT2D eigenvalue weighted by atomic mass is 10.1. The summed E-state index contributed by atoms with van der Waals surface area (Å²) in [6.45, 7) is 6.33. The van der Waals surface area contributed by atoms with Crippen LogP contribution in [0.3, 0.4) is 0 Å². The van der Waals surface area contributed by atoms with Gasteiger partial charge in [0.15, 0.2) is 5.78 Å². The van der Waals surface area contributed by atoms with Crippen LogP contribution in [0, 0.1) is 5.92 Å². The Morgan fingerprint density at radius 3 is 2.16 bits per heavy atom. The number of unbranched alkanes of at least 4 members (excludes halogenated alkanes) is 2. The van der Waals surface area contributed by atoms with Gasteiger partial charge in [-0.2, -0.15) is 0 Å². The van der Waals surface area contributed by atoms with Crippen LogP contribution in [0.15, 0.2) is 0 Å². The van der Waals surface area contributed by atoms with Gasteiger partial charge in [-0.25, -0.2) is 0 Å². The Balaban J connectivity index is 2.77. The van der Waals surface area contributed by atoms with Gasteiger partial charge >= 0.3 is 7.60 Å². The topological polar surface area (TPSA) is 52.6 Å². The maximum Gasteiger partial charge on any atom is 0.341 e. The minimum atomic E-state index is -3.29. The van der Waals surface area contributed by atoms with E-state index >= 15 is 0 Å². The number of hydrogen-bond acceptors (Lipinski definition) is 4. The molecule has 5 heteroatoms. The van der Waals surface area contributed by atoms with Gasteiger partial charge < -0.3 is 9.05 Å². The lowest BCUT2D eigenvalue weighted by Gasteiger charge is -2.25. The van der Waals surface area contributed by atoms with Crippen molar-refractivity contribution in [3.63, 3.8) is 0 Å². The van der Waals surface area contributed by atoms with Gasteiger partial charge in [0.05, 0.1) is 13.2 Å². The highest BCUT2D eigenvalue weighted by Crippen LogP contribution is 2.56. The van der Waals surface area contributed by atoms with Gasteiger partial charge in [-0.1, -0.05) is 26.2 Å².